The molecule has 0 amide bonds. The minimum absolute atomic E-state index is 0.150. The molecule has 1 saturated heterocycles. The van der Waals surface area contributed by atoms with Gasteiger partial charge in [-0.2, -0.15) is 4.39 Å². The molecule has 0 bridgehead atoms. The van der Waals surface area contributed by atoms with Crippen LogP contribution in [-0.2, 0) is 19.6 Å². The Bertz CT molecular complexity index is 1590. The SMILES string of the molecule is Cc1ccc(N2CCC[C@H](N(Cc3ccnc(C)c3)Cc3cn4c5c(c(F)c(F)cc5c3=O)OCC4)C2)cn1. The highest BCUT2D eigenvalue weighted by Crippen LogP contribution is 2.33. The van der Waals surface area contributed by atoms with Crippen molar-refractivity contribution in [1.29, 1.82) is 0 Å². The van der Waals surface area contributed by atoms with Crippen LogP contribution in [0.3, 0.4) is 0 Å². The third-order valence-electron chi connectivity index (χ3n) is 7.76. The van der Waals surface area contributed by atoms with Crippen molar-refractivity contribution in [3.8, 4) is 5.75 Å². The number of hydrogen-bond donors (Lipinski definition) is 0. The van der Waals surface area contributed by atoms with E-state index < -0.39 is 11.6 Å². The molecule has 0 saturated carbocycles. The van der Waals surface area contributed by atoms with Crippen LogP contribution in [-0.4, -0.2) is 45.2 Å². The molecule has 6 rings (SSSR count). The summed E-state index contributed by atoms with van der Waals surface area (Å²) in [5.41, 5.74) is 4.70. The van der Waals surface area contributed by atoms with Gasteiger partial charge in [0.15, 0.2) is 17.0 Å². The Morgan fingerprint density at radius 1 is 1.08 bits per heavy atom. The molecule has 2 aliphatic heterocycles. The summed E-state index contributed by atoms with van der Waals surface area (Å²) in [7, 11) is 0. The number of ether oxygens (including phenoxy) is 1. The molecule has 2 aliphatic rings. The molecule has 39 heavy (non-hydrogen) atoms. The van der Waals surface area contributed by atoms with E-state index in [4.69, 9.17) is 4.74 Å². The maximum absolute atomic E-state index is 14.5. The van der Waals surface area contributed by atoms with Crippen LogP contribution >= 0.6 is 0 Å². The third kappa shape index (κ3) is 4.98. The van der Waals surface area contributed by atoms with Crippen LogP contribution in [0.2, 0.25) is 0 Å². The predicted octanol–water partition coefficient (Wildman–Crippen LogP) is 4.75. The summed E-state index contributed by atoms with van der Waals surface area (Å²) in [5.74, 6) is -2.30. The van der Waals surface area contributed by atoms with Crippen molar-refractivity contribution in [2.45, 2.75) is 52.4 Å². The fourth-order valence-electron chi connectivity index (χ4n) is 5.81. The zero-order valence-electron chi connectivity index (χ0n) is 22.2. The van der Waals surface area contributed by atoms with Gasteiger partial charge >= 0.3 is 0 Å². The molecule has 0 unspecified atom stereocenters. The zero-order valence-corrected chi connectivity index (χ0v) is 22.2. The number of benzene rings is 1. The van der Waals surface area contributed by atoms with E-state index >= 15 is 0 Å². The van der Waals surface area contributed by atoms with Crippen LogP contribution in [0.25, 0.3) is 10.9 Å². The molecule has 1 atom stereocenters. The number of piperidine rings is 1. The van der Waals surface area contributed by atoms with Gasteiger partial charge in [-0.3, -0.25) is 19.7 Å². The van der Waals surface area contributed by atoms with Gasteiger partial charge in [-0.1, -0.05) is 0 Å². The zero-order chi connectivity index (χ0) is 27.1. The van der Waals surface area contributed by atoms with Crippen LogP contribution in [0.1, 0.15) is 35.4 Å². The van der Waals surface area contributed by atoms with Gasteiger partial charge in [-0.25, -0.2) is 4.39 Å². The maximum atomic E-state index is 14.5. The Morgan fingerprint density at radius 3 is 2.74 bits per heavy atom. The highest BCUT2D eigenvalue weighted by atomic mass is 19.2. The van der Waals surface area contributed by atoms with Gasteiger partial charge in [0.2, 0.25) is 5.82 Å². The number of hydrogen-bond acceptors (Lipinski definition) is 6. The van der Waals surface area contributed by atoms with Crippen LogP contribution in [0.4, 0.5) is 14.5 Å². The van der Waals surface area contributed by atoms with Gasteiger partial charge in [0.25, 0.3) is 0 Å². The van der Waals surface area contributed by atoms with Crippen molar-refractivity contribution in [2.75, 3.05) is 24.6 Å². The monoisotopic (exact) mass is 531 g/mol. The summed E-state index contributed by atoms with van der Waals surface area (Å²) < 4.78 is 36.2. The second kappa shape index (κ2) is 10.4. The van der Waals surface area contributed by atoms with Crippen molar-refractivity contribution in [1.82, 2.24) is 19.4 Å². The lowest BCUT2D eigenvalue weighted by Gasteiger charge is -2.40. The lowest BCUT2D eigenvalue weighted by Crippen LogP contribution is -2.48. The molecule has 0 spiro atoms. The minimum Gasteiger partial charge on any atom is -0.486 e. The smallest absolute Gasteiger partial charge is 0.202 e. The van der Waals surface area contributed by atoms with E-state index in [1.54, 1.807) is 6.20 Å². The Kier molecular flexibility index (Phi) is 6.76. The number of nitrogens with zero attached hydrogens (tertiary/aromatic N) is 5. The summed E-state index contributed by atoms with van der Waals surface area (Å²) in [6, 6.07) is 9.38. The summed E-state index contributed by atoms with van der Waals surface area (Å²) in [4.78, 5) is 27.2. The minimum atomic E-state index is -1.07. The average Bonchev–Trinajstić information content (AvgIpc) is 2.94. The first-order chi connectivity index (χ1) is 18.9. The van der Waals surface area contributed by atoms with Gasteiger partial charge < -0.3 is 14.2 Å². The Labute approximate surface area is 225 Å². The normalized spacial score (nSPS) is 17.1. The van der Waals surface area contributed by atoms with Crippen molar-refractivity contribution >= 4 is 16.6 Å². The quantitative estimate of drug-likeness (QED) is 0.358. The molecule has 0 aliphatic carbocycles. The average molecular weight is 532 g/mol. The van der Waals surface area contributed by atoms with E-state index in [-0.39, 0.29) is 29.2 Å². The summed E-state index contributed by atoms with van der Waals surface area (Å²) in [5, 5.41) is 0.150. The van der Waals surface area contributed by atoms with E-state index in [2.05, 4.69) is 31.9 Å². The fraction of sp³-hybridized carbons (Fsp3) is 0.367. The number of anilines is 1. The summed E-state index contributed by atoms with van der Waals surface area (Å²) in [6.07, 6.45) is 7.52. The Morgan fingerprint density at radius 2 is 1.95 bits per heavy atom. The van der Waals surface area contributed by atoms with Crippen LogP contribution in [0.15, 0.2) is 53.7 Å². The Balaban J connectivity index is 1.37. The molecule has 7 nitrogen and oxygen atoms in total. The fourth-order valence-corrected chi connectivity index (χ4v) is 5.81. The predicted molar refractivity (Wildman–Crippen MR) is 146 cm³/mol. The maximum Gasteiger partial charge on any atom is 0.202 e. The molecule has 1 fully saturated rings. The first-order valence-corrected chi connectivity index (χ1v) is 13.4. The lowest BCUT2D eigenvalue weighted by atomic mass is 10.0. The van der Waals surface area contributed by atoms with Gasteiger partial charge in [0.1, 0.15) is 6.61 Å². The molecule has 3 aromatic heterocycles. The van der Waals surface area contributed by atoms with E-state index in [1.807, 2.05) is 42.9 Å². The molecule has 4 aromatic rings. The topological polar surface area (TPSA) is 63.5 Å². The summed E-state index contributed by atoms with van der Waals surface area (Å²) >= 11 is 0. The largest absolute Gasteiger partial charge is 0.486 e. The van der Waals surface area contributed by atoms with E-state index in [1.165, 1.54) is 0 Å². The molecule has 1 aromatic carbocycles. The Hall–Kier alpha value is -3.85. The third-order valence-corrected chi connectivity index (χ3v) is 7.76. The van der Waals surface area contributed by atoms with Crippen LogP contribution in [0, 0.1) is 25.5 Å². The molecule has 5 heterocycles. The number of rotatable bonds is 6. The number of halogens is 2. The number of aromatic nitrogens is 3. The molecule has 0 radical (unpaired) electrons. The van der Waals surface area contributed by atoms with Crippen LogP contribution in [0.5, 0.6) is 5.75 Å². The number of pyridine rings is 3. The van der Waals surface area contributed by atoms with Crippen LogP contribution < -0.4 is 15.1 Å². The second-order valence-electron chi connectivity index (χ2n) is 10.5. The standard InChI is InChI=1S/C30H31F2N5O2/c1-19-5-6-23(14-34-19)35-9-3-4-24(18-35)37(15-21-7-8-33-20(2)12-21)17-22-16-36-10-11-39-30-27(32)26(31)13-25(28(30)36)29(22)38/h5-8,12-14,16,24H,3-4,9-11,15,17-18H2,1-2H3/t24-/m0/s1. The van der Waals surface area contributed by atoms with E-state index in [0.717, 1.165) is 54.6 Å². The number of aryl methyl sites for hydroxylation is 2. The van der Waals surface area contributed by atoms with Gasteiger partial charge in [-0.05, 0) is 62.6 Å². The highest BCUT2D eigenvalue weighted by molar-refractivity contribution is 5.86. The molecule has 9 heteroatoms. The second-order valence-corrected chi connectivity index (χ2v) is 10.5. The van der Waals surface area contributed by atoms with Gasteiger partial charge in [-0.15, -0.1) is 0 Å². The van der Waals surface area contributed by atoms with E-state index in [0.29, 0.717) is 30.7 Å². The van der Waals surface area contributed by atoms with Crippen molar-refractivity contribution < 1.29 is 13.5 Å². The first-order valence-electron chi connectivity index (χ1n) is 13.4. The van der Waals surface area contributed by atoms with Crippen molar-refractivity contribution in [3.05, 3.63) is 93.3 Å². The van der Waals surface area contributed by atoms with Crippen molar-refractivity contribution in [2.24, 2.45) is 0 Å². The molecule has 0 N–H and O–H groups in total. The lowest BCUT2D eigenvalue weighted by molar-refractivity contribution is 0.158. The molecular formula is C30H31F2N5O2. The first kappa shape index (κ1) is 25.4. The van der Waals surface area contributed by atoms with E-state index in [9.17, 15) is 13.6 Å². The molecular weight excluding hydrogens is 500 g/mol. The van der Waals surface area contributed by atoms with Gasteiger partial charge in [0, 0.05) is 61.6 Å². The summed E-state index contributed by atoms with van der Waals surface area (Å²) in [6.45, 7) is 7.39. The molecule has 202 valence electrons. The van der Waals surface area contributed by atoms with Gasteiger partial charge in [0.05, 0.1) is 29.3 Å². The highest BCUT2D eigenvalue weighted by Gasteiger charge is 2.29. The van der Waals surface area contributed by atoms with Crippen molar-refractivity contribution in [3.63, 3.8) is 0 Å².